The number of nitrogens with one attached hydrogen (secondary N) is 2. The second kappa shape index (κ2) is 10.8. The van der Waals surface area contributed by atoms with E-state index in [2.05, 4.69) is 35.7 Å². The number of benzene rings is 1. The van der Waals surface area contributed by atoms with Gasteiger partial charge in [0.15, 0.2) is 0 Å². The van der Waals surface area contributed by atoms with Crippen molar-refractivity contribution in [2.45, 2.75) is 69.5 Å². The highest BCUT2D eigenvalue weighted by Gasteiger charge is 2.37. The number of hydrogen-bond donors (Lipinski definition) is 3. The van der Waals surface area contributed by atoms with Crippen molar-refractivity contribution in [2.75, 3.05) is 14.1 Å². The number of nitrogens with zero attached hydrogens (tertiary/aromatic N) is 1. The first kappa shape index (κ1) is 24.2. The Morgan fingerprint density at radius 3 is 2.40 bits per heavy atom. The maximum Gasteiger partial charge on any atom is 0.325 e. The molecule has 30 heavy (non-hydrogen) atoms. The van der Waals surface area contributed by atoms with Crippen LogP contribution in [0.2, 0.25) is 5.02 Å². The van der Waals surface area contributed by atoms with Crippen LogP contribution in [-0.4, -0.2) is 59.5 Å². The predicted octanol–water partition coefficient (Wildman–Crippen LogP) is 2.61. The van der Waals surface area contributed by atoms with Crippen LogP contribution >= 0.6 is 11.6 Å². The number of carbonyl (C=O) groups excluding carboxylic acids is 2. The molecular weight excluding hydrogens is 406 g/mol. The van der Waals surface area contributed by atoms with E-state index in [1.165, 1.54) is 12.5 Å². The molecular formula is C22H32ClN3O4. The molecule has 1 aromatic carbocycles. The van der Waals surface area contributed by atoms with Gasteiger partial charge < -0.3 is 20.6 Å². The summed E-state index contributed by atoms with van der Waals surface area (Å²) >= 11 is 6.14. The zero-order chi connectivity index (χ0) is 22.3. The van der Waals surface area contributed by atoms with Crippen LogP contribution in [0.5, 0.6) is 0 Å². The number of halogens is 1. The Morgan fingerprint density at radius 1 is 1.20 bits per heavy atom. The van der Waals surface area contributed by atoms with E-state index < -0.39 is 17.9 Å². The van der Waals surface area contributed by atoms with Gasteiger partial charge in [0.2, 0.25) is 11.8 Å². The summed E-state index contributed by atoms with van der Waals surface area (Å²) in [5.41, 5.74) is 1.24. The number of aliphatic carboxylic acids is 1. The molecule has 0 heterocycles. The van der Waals surface area contributed by atoms with Crippen LogP contribution in [0.15, 0.2) is 24.3 Å². The van der Waals surface area contributed by atoms with Crippen molar-refractivity contribution in [3.05, 3.63) is 34.9 Å². The van der Waals surface area contributed by atoms with Crippen LogP contribution in [-0.2, 0) is 20.8 Å². The van der Waals surface area contributed by atoms with E-state index in [4.69, 9.17) is 16.7 Å². The molecule has 1 fully saturated rings. The number of carboxylic acid groups (broad SMARTS) is 1. The molecule has 7 nitrogen and oxygen atoms in total. The highest BCUT2D eigenvalue weighted by molar-refractivity contribution is 6.30. The van der Waals surface area contributed by atoms with E-state index in [-0.39, 0.29) is 30.3 Å². The minimum atomic E-state index is -1.10. The van der Waals surface area contributed by atoms with Crippen molar-refractivity contribution in [3.63, 3.8) is 0 Å². The molecule has 2 rings (SSSR count). The zero-order valence-corrected chi connectivity index (χ0v) is 18.7. The van der Waals surface area contributed by atoms with Gasteiger partial charge in [-0.15, -0.1) is 0 Å². The number of likely N-dealkylation sites (N-methyl/N-ethyl adjacent to an activating group) is 1. The van der Waals surface area contributed by atoms with Gasteiger partial charge in [0, 0.05) is 29.4 Å². The monoisotopic (exact) mass is 437 g/mol. The average molecular weight is 438 g/mol. The molecule has 0 saturated heterocycles. The summed E-state index contributed by atoms with van der Waals surface area (Å²) in [7, 11) is 4.19. The van der Waals surface area contributed by atoms with E-state index in [1.54, 1.807) is 0 Å². The topological polar surface area (TPSA) is 98.7 Å². The van der Waals surface area contributed by atoms with Crippen LogP contribution in [0.1, 0.15) is 51.0 Å². The number of hydrogen-bond acceptors (Lipinski definition) is 4. The molecule has 1 aromatic rings. The van der Waals surface area contributed by atoms with E-state index in [0.717, 1.165) is 37.1 Å². The van der Waals surface area contributed by atoms with Gasteiger partial charge in [0.1, 0.15) is 6.04 Å². The number of carboxylic acids is 1. The number of rotatable bonds is 9. The molecule has 1 saturated carbocycles. The van der Waals surface area contributed by atoms with Gasteiger partial charge >= 0.3 is 5.97 Å². The largest absolute Gasteiger partial charge is 0.480 e. The molecule has 1 aliphatic rings. The Balaban J connectivity index is 1.82. The minimum absolute atomic E-state index is 0.0213. The molecule has 0 spiro atoms. The van der Waals surface area contributed by atoms with E-state index in [0.29, 0.717) is 0 Å². The fraction of sp³-hybridized carbons (Fsp3) is 0.591. The van der Waals surface area contributed by atoms with E-state index in [1.807, 2.05) is 18.2 Å². The smallest absolute Gasteiger partial charge is 0.325 e. The first-order chi connectivity index (χ1) is 14.1. The summed E-state index contributed by atoms with van der Waals surface area (Å²) in [5, 5.41) is 14.9. The van der Waals surface area contributed by atoms with Crippen molar-refractivity contribution in [3.8, 4) is 0 Å². The Hall–Kier alpha value is -2.12. The summed E-state index contributed by atoms with van der Waals surface area (Å²) < 4.78 is 0. The molecule has 8 heteroatoms. The lowest BCUT2D eigenvalue weighted by Crippen LogP contribution is -2.52. The molecule has 0 aliphatic heterocycles. The van der Waals surface area contributed by atoms with Gasteiger partial charge in [-0.2, -0.15) is 0 Å². The standard InChI is InChI=1S/C22H32ClN3O4/c1-15(21(29)30)24-19(27)7-8-20(28)25-18-9-11-22(12-10-18,26(2)3)14-16-5-4-6-17(23)13-16/h4-6,13,15,18H,7-12,14H2,1-3H3,(H,24,27)(H,25,28)(H,29,30). The van der Waals surface area contributed by atoms with Crippen molar-refractivity contribution in [2.24, 2.45) is 0 Å². The van der Waals surface area contributed by atoms with Crippen molar-refractivity contribution >= 4 is 29.4 Å². The highest BCUT2D eigenvalue weighted by atomic mass is 35.5. The second-order valence-electron chi connectivity index (χ2n) is 8.39. The first-order valence-corrected chi connectivity index (χ1v) is 10.7. The molecule has 166 valence electrons. The zero-order valence-electron chi connectivity index (χ0n) is 17.9. The Kier molecular flexibility index (Phi) is 8.67. The molecule has 0 radical (unpaired) electrons. The quantitative estimate of drug-likeness (QED) is 0.551. The maximum atomic E-state index is 12.2. The summed E-state index contributed by atoms with van der Waals surface area (Å²) in [6, 6.07) is 7.09. The van der Waals surface area contributed by atoms with Crippen LogP contribution in [0.3, 0.4) is 0 Å². The van der Waals surface area contributed by atoms with Crippen molar-refractivity contribution in [1.29, 1.82) is 0 Å². The highest BCUT2D eigenvalue weighted by Crippen LogP contribution is 2.35. The third kappa shape index (κ3) is 6.99. The fourth-order valence-corrected chi connectivity index (χ4v) is 4.22. The summed E-state index contributed by atoms with van der Waals surface area (Å²) in [6.45, 7) is 1.39. The number of amides is 2. The lowest BCUT2D eigenvalue weighted by Gasteiger charge is -2.45. The van der Waals surface area contributed by atoms with Gasteiger partial charge in [0.25, 0.3) is 0 Å². The molecule has 1 unspecified atom stereocenters. The van der Waals surface area contributed by atoms with E-state index in [9.17, 15) is 14.4 Å². The predicted molar refractivity (Wildman–Crippen MR) is 116 cm³/mol. The fourth-order valence-electron chi connectivity index (χ4n) is 4.01. The van der Waals surface area contributed by atoms with Crippen LogP contribution in [0.25, 0.3) is 0 Å². The van der Waals surface area contributed by atoms with Crippen molar-refractivity contribution < 1.29 is 19.5 Å². The molecule has 0 aromatic heterocycles. The second-order valence-corrected chi connectivity index (χ2v) is 8.83. The third-order valence-electron chi connectivity index (χ3n) is 5.98. The van der Waals surface area contributed by atoms with Gasteiger partial charge in [0.05, 0.1) is 0 Å². The summed E-state index contributed by atoms with van der Waals surface area (Å²) in [4.78, 5) is 37.0. The Morgan fingerprint density at radius 2 is 1.83 bits per heavy atom. The maximum absolute atomic E-state index is 12.2. The van der Waals surface area contributed by atoms with Crippen LogP contribution in [0, 0.1) is 0 Å². The third-order valence-corrected chi connectivity index (χ3v) is 6.21. The SMILES string of the molecule is CC(NC(=O)CCC(=O)NC1CCC(Cc2cccc(Cl)c2)(N(C)C)CC1)C(=O)O. The lowest BCUT2D eigenvalue weighted by atomic mass is 9.75. The Bertz CT molecular complexity index is 761. The molecule has 3 N–H and O–H groups in total. The average Bonchev–Trinajstić information content (AvgIpc) is 2.68. The van der Waals surface area contributed by atoms with Crippen LogP contribution in [0.4, 0.5) is 0 Å². The minimum Gasteiger partial charge on any atom is -0.480 e. The van der Waals surface area contributed by atoms with Gasteiger partial charge in [-0.25, -0.2) is 0 Å². The van der Waals surface area contributed by atoms with E-state index >= 15 is 0 Å². The Labute approximate surface area is 183 Å². The molecule has 0 bridgehead atoms. The van der Waals surface area contributed by atoms with Crippen molar-refractivity contribution in [1.82, 2.24) is 15.5 Å². The summed E-state index contributed by atoms with van der Waals surface area (Å²) in [5.74, 6) is -1.71. The lowest BCUT2D eigenvalue weighted by molar-refractivity contribution is -0.141. The molecule has 1 aliphatic carbocycles. The first-order valence-electron chi connectivity index (χ1n) is 10.3. The van der Waals surface area contributed by atoms with Gasteiger partial charge in [-0.3, -0.25) is 14.4 Å². The van der Waals surface area contributed by atoms with Crippen LogP contribution < -0.4 is 10.6 Å². The van der Waals surface area contributed by atoms with Gasteiger partial charge in [-0.05, 0) is 70.8 Å². The van der Waals surface area contributed by atoms with Gasteiger partial charge in [-0.1, -0.05) is 23.7 Å². The number of carbonyl (C=O) groups is 3. The molecule has 1 atom stereocenters. The normalized spacial score (nSPS) is 22.4. The summed E-state index contributed by atoms with van der Waals surface area (Å²) in [6.07, 6.45) is 4.58. The molecule has 2 amide bonds.